The van der Waals surface area contributed by atoms with Crippen molar-refractivity contribution in [2.45, 2.75) is 44.9 Å². The van der Waals surface area contributed by atoms with Gasteiger partial charge in [0.25, 0.3) is 0 Å². The van der Waals surface area contributed by atoms with E-state index in [1.165, 1.54) is 44.1 Å². The molecule has 1 nitrogen and oxygen atoms in total. The van der Waals surface area contributed by atoms with Gasteiger partial charge >= 0.3 is 0 Å². The minimum absolute atomic E-state index is 0.591. The van der Waals surface area contributed by atoms with Crippen molar-refractivity contribution >= 4 is 11.6 Å². The Hall–Kier alpha value is -0.530. The standard InChI is InChI=1S/C16H24ClN/c17-16-9-5-4-8-15(16)11-14(12-18)10-13-6-2-1-3-7-13/h4-5,8-9,13-14H,1-3,6-7,10-12,18H2. The van der Waals surface area contributed by atoms with E-state index in [0.717, 1.165) is 23.9 Å². The molecule has 1 aromatic carbocycles. The van der Waals surface area contributed by atoms with E-state index in [9.17, 15) is 0 Å². The molecule has 0 amide bonds. The molecule has 18 heavy (non-hydrogen) atoms. The van der Waals surface area contributed by atoms with Crippen LogP contribution in [0.1, 0.15) is 44.1 Å². The summed E-state index contributed by atoms with van der Waals surface area (Å²) in [6.07, 6.45) is 9.36. The first-order valence-corrected chi connectivity index (χ1v) is 7.61. The monoisotopic (exact) mass is 265 g/mol. The zero-order valence-electron chi connectivity index (χ0n) is 11.1. The van der Waals surface area contributed by atoms with Crippen LogP contribution in [0.5, 0.6) is 0 Å². The summed E-state index contributed by atoms with van der Waals surface area (Å²) in [5.74, 6) is 1.49. The van der Waals surface area contributed by atoms with Gasteiger partial charge < -0.3 is 5.73 Å². The number of benzene rings is 1. The summed E-state index contributed by atoms with van der Waals surface area (Å²) in [5.41, 5.74) is 7.20. The molecule has 2 rings (SSSR count). The van der Waals surface area contributed by atoms with Gasteiger partial charge in [-0.15, -0.1) is 0 Å². The highest BCUT2D eigenvalue weighted by Gasteiger charge is 2.19. The zero-order chi connectivity index (χ0) is 12.8. The molecule has 0 bridgehead atoms. The van der Waals surface area contributed by atoms with Crippen LogP contribution in [-0.4, -0.2) is 6.54 Å². The molecule has 2 heteroatoms. The van der Waals surface area contributed by atoms with Crippen LogP contribution in [0.25, 0.3) is 0 Å². The summed E-state index contributed by atoms with van der Waals surface area (Å²) >= 11 is 6.23. The molecule has 0 spiro atoms. The molecule has 1 aliphatic rings. The van der Waals surface area contributed by atoms with E-state index in [0.29, 0.717) is 5.92 Å². The Kier molecular flexibility index (Phi) is 5.52. The predicted molar refractivity (Wildman–Crippen MR) is 78.9 cm³/mol. The van der Waals surface area contributed by atoms with Gasteiger partial charge in [-0.3, -0.25) is 0 Å². The SMILES string of the molecule is NCC(Cc1ccccc1Cl)CC1CCCCC1. The minimum atomic E-state index is 0.591. The highest BCUT2D eigenvalue weighted by Crippen LogP contribution is 2.30. The van der Waals surface area contributed by atoms with Crippen molar-refractivity contribution < 1.29 is 0 Å². The van der Waals surface area contributed by atoms with E-state index in [2.05, 4.69) is 12.1 Å². The van der Waals surface area contributed by atoms with Crippen molar-refractivity contribution in [1.82, 2.24) is 0 Å². The molecule has 1 atom stereocenters. The topological polar surface area (TPSA) is 26.0 Å². The van der Waals surface area contributed by atoms with Crippen LogP contribution < -0.4 is 5.73 Å². The summed E-state index contributed by atoms with van der Waals surface area (Å²) in [7, 11) is 0. The summed E-state index contributed by atoms with van der Waals surface area (Å²) in [6, 6.07) is 8.16. The van der Waals surface area contributed by atoms with Crippen LogP contribution in [0.15, 0.2) is 24.3 Å². The highest BCUT2D eigenvalue weighted by atomic mass is 35.5. The maximum Gasteiger partial charge on any atom is 0.0438 e. The smallest absolute Gasteiger partial charge is 0.0438 e. The number of rotatable bonds is 5. The lowest BCUT2D eigenvalue weighted by atomic mass is 9.81. The van der Waals surface area contributed by atoms with Crippen molar-refractivity contribution in [1.29, 1.82) is 0 Å². The molecule has 0 saturated heterocycles. The fourth-order valence-electron chi connectivity index (χ4n) is 3.13. The van der Waals surface area contributed by atoms with E-state index in [4.69, 9.17) is 17.3 Å². The van der Waals surface area contributed by atoms with Gasteiger partial charge in [0, 0.05) is 5.02 Å². The van der Waals surface area contributed by atoms with Crippen LogP contribution in [0.3, 0.4) is 0 Å². The van der Waals surface area contributed by atoms with Gasteiger partial charge in [-0.05, 0) is 42.9 Å². The number of hydrogen-bond donors (Lipinski definition) is 1. The third kappa shape index (κ3) is 4.00. The average molecular weight is 266 g/mol. The van der Waals surface area contributed by atoms with Crippen molar-refractivity contribution in [2.24, 2.45) is 17.6 Å². The van der Waals surface area contributed by atoms with E-state index in [-0.39, 0.29) is 0 Å². The first-order valence-electron chi connectivity index (χ1n) is 7.23. The largest absolute Gasteiger partial charge is 0.330 e. The summed E-state index contributed by atoms with van der Waals surface area (Å²) in [6.45, 7) is 0.779. The third-order valence-corrected chi connectivity index (χ3v) is 4.56. The predicted octanol–water partition coefficient (Wildman–Crippen LogP) is 4.43. The van der Waals surface area contributed by atoms with Crippen LogP contribution in [0, 0.1) is 11.8 Å². The van der Waals surface area contributed by atoms with Crippen LogP contribution in [-0.2, 0) is 6.42 Å². The van der Waals surface area contributed by atoms with Gasteiger partial charge in [0.15, 0.2) is 0 Å². The van der Waals surface area contributed by atoms with Crippen LogP contribution in [0.2, 0.25) is 5.02 Å². The lowest BCUT2D eigenvalue weighted by Gasteiger charge is -2.26. The lowest BCUT2D eigenvalue weighted by Crippen LogP contribution is -2.21. The van der Waals surface area contributed by atoms with E-state index < -0.39 is 0 Å². The van der Waals surface area contributed by atoms with Crippen LogP contribution in [0.4, 0.5) is 0 Å². The van der Waals surface area contributed by atoms with E-state index in [1.54, 1.807) is 0 Å². The lowest BCUT2D eigenvalue weighted by molar-refractivity contribution is 0.289. The van der Waals surface area contributed by atoms with Gasteiger partial charge in [0.05, 0.1) is 0 Å². The molecular formula is C16H24ClN. The molecule has 1 aliphatic carbocycles. The highest BCUT2D eigenvalue weighted by molar-refractivity contribution is 6.31. The van der Waals surface area contributed by atoms with Crippen molar-refractivity contribution in [2.75, 3.05) is 6.54 Å². The summed E-state index contributed by atoms with van der Waals surface area (Å²) in [4.78, 5) is 0. The quantitative estimate of drug-likeness (QED) is 0.838. The fourth-order valence-corrected chi connectivity index (χ4v) is 3.34. The molecule has 1 unspecified atom stereocenters. The average Bonchev–Trinajstić information content (AvgIpc) is 2.41. The Balaban J connectivity index is 1.90. The zero-order valence-corrected chi connectivity index (χ0v) is 11.8. The molecule has 1 aromatic rings. The molecule has 0 aromatic heterocycles. The maximum atomic E-state index is 6.23. The maximum absolute atomic E-state index is 6.23. The van der Waals surface area contributed by atoms with Gasteiger partial charge in [-0.2, -0.15) is 0 Å². The Morgan fingerprint density at radius 2 is 1.89 bits per heavy atom. The van der Waals surface area contributed by atoms with Crippen molar-refractivity contribution in [3.8, 4) is 0 Å². The summed E-state index contributed by atoms with van der Waals surface area (Å²) in [5, 5.41) is 0.889. The molecule has 2 N–H and O–H groups in total. The number of nitrogens with two attached hydrogens (primary N) is 1. The van der Waals surface area contributed by atoms with Gasteiger partial charge in [0.2, 0.25) is 0 Å². The second-order valence-electron chi connectivity index (χ2n) is 5.64. The second-order valence-corrected chi connectivity index (χ2v) is 6.04. The minimum Gasteiger partial charge on any atom is -0.330 e. The Morgan fingerprint density at radius 3 is 2.56 bits per heavy atom. The number of halogens is 1. The second kappa shape index (κ2) is 7.16. The fraction of sp³-hybridized carbons (Fsp3) is 0.625. The molecule has 1 fully saturated rings. The van der Waals surface area contributed by atoms with E-state index in [1.807, 2.05) is 12.1 Å². The molecular weight excluding hydrogens is 242 g/mol. The molecule has 0 heterocycles. The van der Waals surface area contributed by atoms with Crippen molar-refractivity contribution in [3.05, 3.63) is 34.9 Å². The van der Waals surface area contributed by atoms with E-state index >= 15 is 0 Å². The van der Waals surface area contributed by atoms with Gasteiger partial charge in [-0.1, -0.05) is 61.9 Å². The number of hydrogen-bond acceptors (Lipinski definition) is 1. The molecule has 0 radical (unpaired) electrons. The Bertz CT molecular complexity index is 358. The van der Waals surface area contributed by atoms with Crippen LogP contribution >= 0.6 is 11.6 Å². The third-order valence-electron chi connectivity index (χ3n) is 4.19. The van der Waals surface area contributed by atoms with Gasteiger partial charge in [0.1, 0.15) is 0 Å². The summed E-state index contributed by atoms with van der Waals surface area (Å²) < 4.78 is 0. The molecule has 1 saturated carbocycles. The molecule has 0 aliphatic heterocycles. The normalized spacial score (nSPS) is 18.8. The van der Waals surface area contributed by atoms with Gasteiger partial charge in [-0.25, -0.2) is 0 Å². The molecule has 100 valence electrons. The van der Waals surface area contributed by atoms with Crippen molar-refractivity contribution in [3.63, 3.8) is 0 Å². The first-order chi connectivity index (χ1) is 8.79. The Labute approximate surface area is 116 Å². The first kappa shape index (κ1) is 13.9. The Morgan fingerprint density at radius 1 is 1.17 bits per heavy atom.